The quantitative estimate of drug-likeness (QED) is 0.203. The predicted molar refractivity (Wildman–Crippen MR) is 165 cm³/mol. The van der Waals surface area contributed by atoms with Gasteiger partial charge < -0.3 is 14.8 Å². The number of benzene rings is 1. The lowest BCUT2D eigenvalue weighted by Crippen LogP contribution is -2.29. The molecule has 1 aliphatic rings. The molecule has 0 saturated carbocycles. The molecule has 1 N–H and O–H groups in total. The van der Waals surface area contributed by atoms with Crippen molar-refractivity contribution in [2.45, 2.75) is 82.7 Å². The van der Waals surface area contributed by atoms with E-state index < -0.39 is 41.3 Å². The highest BCUT2D eigenvalue weighted by Gasteiger charge is 2.42. The SMILES string of the molecule is Cn1nc(CC(CC(=O)OC(=O)C(F)(F)F)c2cc(C(C)(C)C#N)cc(C(C)(C)C#N)c2)cc1OCCc1ccc2c(n1)NCCC2. The molecule has 3 aromatic rings. The molecule has 0 saturated heterocycles. The summed E-state index contributed by atoms with van der Waals surface area (Å²) in [6.07, 6.45) is -3.31. The van der Waals surface area contributed by atoms with Crippen molar-refractivity contribution >= 4 is 17.8 Å². The van der Waals surface area contributed by atoms with Crippen molar-refractivity contribution in [3.8, 4) is 18.0 Å². The Morgan fingerprint density at radius 1 is 1.02 bits per heavy atom. The summed E-state index contributed by atoms with van der Waals surface area (Å²) >= 11 is 0. The number of carbonyl (C=O) groups is 2. The van der Waals surface area contributed by atoms with Gasteiger partial charge in [-0.15, -0.1) is 0 Å². The van der Waals surface area contributed by atoms with Gasteiger partial charge in [-0.2, -0.15) is 28.8 Å². The molecule has 1 aromatic carbocycles. The van der Waals surface area contributed by atoms with Gasteiger partial charge in [0.05, 0.1) is 41.7 Å². The number of pyridine rings is 1. The lowest BCUT2D eigenvalue weighted by atomic mass is 9.77. The van der Waals surface area contributed by atoms with Crippen LogP contribution in [0.3, 0.4) is 0 Å². The van der Waals surface area contributed by atoms with E-state index in [1.807, 2.05) is 6.07 Å². The van der Waals surface area contributed by atoms with Gasteiger partial charge in [-0.25, -0.2) is 14.5 Å². The minimum Gasteiger partial charge on any atom is -0.477 e. The molecule has 4 rings (SSSR count). The van der Waals surface area contributed by atoms with Crippen LogP contribution in [0.2, 0.25) is 0 Å². The summed E-state index contributed by atoms with van der Waals surface area (Å²) < 4.78 is 50.3. The molecule has 13 heteroatoms. The minimum atomic E-state index is -5.34. The Labute approximate surface area is 271 Å². The van der Waals surface area contributed by atoms with Crippen LogP contribution in [0.4, 0.5) is 19.0 Å². The molecule has 0 radical (unpaired) electrons. The molecule has 0 amide bonds. The number of hydrogen-bond donors (Lipinski definition) is 1. The topological polar surface area (TPSA) is 143 Å². The van der Waals surface area contributed by atoms with E-state index in [0.29, 0.717) is 41.3 Å². The van der Waals surface area contributed by atoms with Crippen LogP contribution in [0.15, 0.2) is 36.4 Å². The van der Waals surface area contributed by atoms with E-state index in [0.717, 1.165) is 30.9 Å². The third-order valence-electron chi connectivity index (χ3n) is 8.18. The standard InChI is InChI=1S/C34H37F3N6O4/c1-32(2,19-38)24-13-22(14-25(17-24)33(3,4)20-39)23(16-29(44)47-31(45)34(35,36)37)15-27-18-28(43(5)42-27)46-12-10-26-9-8-21-7-6-11-40-30(21)41-26/h8-9,13-14,17-18,23H,6-7,10-12,15-16H2,1-5H3,(H,40,41). The van der Waals surface area contributed by atoms with Gasteiger partial charge in [0.25, 0.3) is 0 Å². The summed E-state index contributed by atoms with van der Waals surface area (Å²) in [6.45, 7) is 7.96. The number of esters is 2. The van der Waals surface area contributed by atoms with Gasteiger partial charge in [0, 0.05) is 31.8 Å². The Balaban J connectivity index is 1.61. The molecule has 1 aliphatic heterocycles. The second-order valence-corrected chi connectivity index (χ2v) is 12.7. The van der Waals surface area contributed by atoms with Crippen molar-refractivity contribution in [3.63, 3.8) is 0 Å². The first kappa shape index (κ1) is 35.0. The third-order valence-corrected chi connectivity index (χ3v) is 8.18. The summed E-state index contributed by atoms with van der Waals surface area (Å²) in [5, 5.41) is 27.5. The third kappa shape index (κ3) is 8.67. The predicted octanol–water partition coefficient (Wildman–Crippen LogP) is 5.75. The molecule has 0 aliphatic carbocycles. The van der Waals surface area contributed by atoms with Gasteiger partial charge in [-0.1, -0.05) is 24.3 Å². The number of aromatic nitrogens is 3. The normalized spacial score (nSPS) is 13.8. The summed E-state index contributed by atoms with van der Waals surface area (Å²) in [6, 6.07) is 15.3. The summed E-state index contributed by atoms with van der Waals surface area (Å²) in [5.74, 6) is -3.49. The van der Waals surface area contributed by atoms with Gasteiger partial charge in [0.2, 0.25) is 5.88 Å². The molecule has 0 bridgehead atoms. The van der Waals surface area contributed by atoms with Crippen LogP contribution in [0.25, 0.3) is 0 Å². The van der Waals surface area contributed by atoms with Gasteiger partial charge in [-0.05, 0) is 81.2 Å². The fourth-order valence-corrected chi connectivity index (χ4v) is 5.21. The molecule has 47 heavy (non-hydrogen) atoms. The maximum Gasteiger partial charge on any atom is 0.491 e. The number of hydrogen-bond acceptors (Lipinski definition) is 9. The first-order chi connectivity index (χ1) is 22.0. The molecule has 0 spiro atoms. The van der Waals surface area contributed by atoms with Crippen LogP contribution in [0.1, 0.15) is 80.1 Å². The number of alkyl halides is 3. The Morgan fingerprint density at radius 2 is 1.68 bits per heavy atom. The minimum absolute atomic E-state index is 0.0490. The Morgan fingerprint density at radius 3 is 2.30 bits per heavy atom. The molecule has 2 aromatic heterocycles. The first-order valence-corrected chi connectivity index (χ1v) is 15.2. The van der Waals surface area contributed by atoms with Crippen molar-refractivity contribution in [3.05, 3.63) is 70.0 Å². The highest BCUT2D eigenvalue weighted by molar-refractivity contribution is 5.88. The fourth-order valence-electron chi connectivity index (χ4n) is 5.21. The Kier molecular flexibility index (Phi) is 10.3. The molecule has 3 heterocycles. The van der Waals surface area contributed by atoms with Crippen LogP contribution >= 0.6 is 0 Å². The van der Waals surface area contributed by atoms with E-state index >= 15 is 0 Å². The zero-order valence-corrected chi connectivity index (χ0v) is 27.0. The Bertz CT molecular complexity index is 1690. The van der Waals surface area contributed by atoms with E-state index in [-0.39, 0.29) is 6.42 Å². The number of aryl methyl sites for hydroxylation is 2. The average Bonchev–Trinajstić information content (AvgIpc) is 3.38. The number of nitriles is 2. The number of rotatable bonds is 11. The fraction of sp³-hybridized carbons (Fsp3) is 0.471. The molecule has 10 nitrogen and oxygen atoms in total. The molecule has 0 fully saturated rings. The number of anilines is 1. The lowest BCUT2D eigenvalue weighted by molar-refractivity contribution is -0.202. The lowest BCUT2D eigenvalue weighted by Gasteiger charge is -2.25. The van der Waals surface area contributed by atoms with Gasteiger partial charge in [0.15, 0.2) is 0 Å². The number of carbonyl (C=O) groups excluding carboxylic acids is 2. The number of nitrogens with zero attached hydrogens (tertiary/aromatic N) is 5. The van der Waals surface area contributed by atoms with Crippen molar-refractivity contribution in [1.82, 2.24) is 14.8 Å². The van der Waals surface area contributed by atoms with Crippen LogP contribution < -0.4 is 10.1 Å². The molecule has 1 atom stereocenters. The number of nitrogens with one attached hydrogen (secondary N) is 1. The monoisotopic (exact) mass is 650 g/mol. The number of ether oxygens (including phenoxy) is 2. The summed E-state index contributed by atoms with van der Waals surface area (Å²) in [5.41, 5.74) is 2.09. The van der Waals surface area contributed by atoms with Crippen LogP contribution in [0.5, 0.6) is 5.88 Å². The average molecular weight is 651 g/mol. The summed E-state index contributed by atoms with van der Waals surface area (Å²) in [4.78, 5) is 28.8. The zero-order chi connectivity index (χ0) is 34.6. The molecule has 248 valence electrons. The van der Waals surface area contributed by atoms with Gasteiger partial charge in [0.1, 0.15) is 5.82 Å². The van der Waals surface area contributed by atoms with E-state index in [9.17, 15) is 33.3 Å². The highest BCUT2D eigenvalue weighted by Crippen LogP contribution is 2.35. The maximum atomic E-state index is 12.9. The molecular weight excluding hydrogens is 613 g/mol. The summed E-state index contributed by atoms with van der Waals surface area (Å²) in [7, 11) is 1.68. The second kappa shape index (κ2) is 13.8. The molecular formula is C34H37F3N6O4. The van der Waals surface area contributed by atoms with E-state index in [2.05, 4.69) is 38.3 Å². The maximum absolute atomic E-state index is 12.9. The van der Waals surface area contributed by atoms with Crippen LogP contribution in [-0.4, -0.2) is 46.0 Å². The van der Waals surface area contributed by atoms with Gasteiger partial charge in [-0.3, -0.25) is 4.79 Å². The number of fused-ring (bicyclic) bond motifs is 1. The number of halogens is 3. The van der Waals surface area contributed by atoms with Crippen molar-refractivity contribution in [1.29, 1.82) is 10.5 Å². The van der Waals surface area contributed by atoms with E-state index in [4.69, 9.17) is 4.74 Å². The van der Waals surface area contributed by atoms with E-state index in [1.54, 1.807) is 59.0 Å². The van der Waals surface area contributed by atoms with Crippen molar-refractivity contribution in [2.24, 2.45) is 7.05 Å². The van der Waals surface area contributed by atoms with Crippen LogP contribution in [0, 0.1) is 22.7 Å². The first-order valence-electron chi connectivity index (χ1n) is 15.2. The Hall–Kier alpha value is -4.91. The van der Waals surface area contributed by atoms with Gasteiger partial charge >= 0.3 is 18.1 Å². The zero-order valence-electron chi connectivity index (χ0n) is 27.0. The smallest absolute Gasteiger partial charge is 0.477 e. The second-order valence-electron chi connectivity index (χ2n) is 12.7. The largest absolute Gasteiger partial charge is 0.491 e. The van der Waals surface area contributed by atoms with E-state index in [1.165, 1.54) is 10.2 Å². The molecule has 1 unspecified atom stereocenters. The van der Waals surface area contributed by atoms with Crippen LogP contribution in [-0.2, 0) is 51.5 Å². The highest BCUT2D eigenvalue weighted by atomic mass is 19.4. The van der Waals surface area contributed by atoms with Crippen molar-refractivity contribution in [2.75, 3.05) is 18.5 Å². The van der Waals surface area contributed by atoms with Crippen molar-refractivity contribution < 1.29 is 32.2 Å².